The molecular weight excluding hydrogens is 468 g/mol. The number of hydrogen-bond acceptors (Lipinski definition) is 7. The maximum Gasteiger partial charge on any atom is 0.320 e. The SMILES string of the molecule is CC(C)[C@H](N)C(=O)O.N[C@@H](Cc1c[nH]c2ccccc12)C(=O)O.N[C@@H](Cc1ccc(O)cc1)C(=O)O. The first-order valence-corrected chi connectivity index (χ1v) is 11.1. The highest BCUT2D eigenvalue weighted by Crippen LogP contribution is 2.18. The van der Waals surface area contributed by atoms with Crippen molar-refractivity contribution in [2.24, 2.45) is 23.1 Å². The highest BCUT2D eigenvalue weighted by Gasteiger charge is 2.15. The average Bonchev–Trinajstić information content (AvgIpc) is 3.23. The molecule has 0 saturated heterocycles. The molecule has 0 spiro atoms. The molecule has 0 fully saturated rings. The van der Waals surface area contributed by atoms with E-state index in [0.717, 1.165) is 22.0 Å². The number of nitrogens with one attached hydrogen (secondary N) is 1. The summed E-state index contributed by atoms with van der Waals surface area (Å²) in [6, 6.07) is 11.6. The van der Waals surface area contributed by atoms with Crippen LogP contribution in [-0.4, -0.2) is 61.4 Å². The number of nitrogens with two attached hydrogens (primary N) is 3. The predicted octanol–water partition coefficient (Wildman–Crippen LogP) is 1.52. The number of phenolic OH excluding ortho intramolecular Hbond substituents is 1. The zero-order chi connectivity index (χ0) is 27.4. The van der Waals surface area contributed by atoms with E-state index in [2.05, 4.69) is 4.98 Å². The molecule has 0 aliphatic rings. The van der Waals surface area contributed by atoms with Gasteiger partial charge in [0.05, 0.1) is 0 Å². The number of fused-ring (bicyclic) bond motifs is 1. The van der Waals surface area contributed by atoms with Crippen LogP contribution < -0.4 is 17.2 Å². The smallest absolute Gasteiger partial charge is 0.320 e. The highest BCUT2D eigenvalue weighted by molar-refractivity contribution is 5.84. The third kappa shape index (κ3) is 10.1. The van der Waals surface area contributed by atoms with Gasteiger partial charge in [0.1, 0.15) is 23.9 Å². The van der Waals surface area contributed by atoms with Gasteiger partial charge in [-0.3, -0.25) is 14.4 Å². The minimum absolute atomic E-state index is 0.0208. The van der Waals surface area contributed by atoms with E-state index >= 15 is 0 Å². The summed E-state index contributed by atoms with van der Waals surface area (Å²) in [5.41, 5.74) is 18.7. The van der Waals surface area contributed by atoms with E-state index in [1.54, 1.807) is 26.0 Å². The minimum Gasteiger partial charge on any atom is -0.508 e. The monoisotopic (exact) mass is 502 g/mol. The molecule has 196 valence electrons. The van der Waals surface area contributed by atoms with Gasteiger partial charge in [0.15, 0.2) is 0 Å². The van der Waals surface area contributed by atoms with Crippen molar-refractivity contribution in [3.8, 4) is 5.75 Å². The largest absolute Gasteiger partial charge is 0.508 e. The first-order valence-electron chi connectivity index (χ1n) is 11.1. The number of carboxylic acid groups (broad SMARTS) is 3. The number of carboxylic acids is 3. The van der Waals surface area contributed by atoms with Gasteiger partial charge in [-0.05, 0) is 41.7 Å². The predicted molar refractivity (Wildman–Crippen MR) is 135 cm³/mol. The van der Waals surface area contributed by atoms with E-state index in [1.807, 2.05) is 30.5 Å². The Labute approximate surface area is 208 Å². The van der Waals surface area contributed by atoms with E-state index in [9.17, 15) is 14.4 Å². The molecule has 0 amide bonds. The highest BCUT2D eigenvalue weighted by atomic mass is 16.4. The van der Waals surface area contributed by atoms with Crippen molar-refractivity contribution in [3.05, 3.63) is 65.9 Å². The normalized spacial score (nSPS) is 12.9. The van der Waals surface area contributed by atoms with Crippen molar-refractivity contribution < 1.29 is 34.8 Å². The summed E-state index contributed by atoms with van der Waals surface area (Å²) < 4.78 is 0. The molecule has 11 nitrogen and oxygen atoms in total. The van der Waals surface area contributed by atoms with E-state index in [1.165, 1.54) is 12.1 Å². The summed E-state index contributed by atoms with van der Waals surface area (Å²) in [4.78, 5) is 34.1. The van der Waals surface area contributed by atoms with Gasteiger partial charge in [0, 0.05) is 23.5 Å². The third-order valence-electron chi connectivity index (χ3n) is 5.14. The first kappa shape index (κ1) is 30.1. The number of carbonyl (C=O) groups is 3. The number of phenols is 1. The van der Waals surface area contributed by atoms with Crippen LogP contribution in [0, 0.1) is 5.92 Å². The molecule has 0 saturated carbocycles. The number of aromatic hydroxyl groups is 1. The van der Waals surface area contributed by atoms with Gasteiger partial charge in [-0.25, -0.2) is 0 Å². The Morgan fingerprint density at radius 3 is 1.81 bits per heavy atom. The van der Waals surface area contributed by atoms with Gasteiger partial charge in [0.25, 0.3) is 0 Å². The molecule has 0 aliphatic heterocycles. The first-order chi connectivity index (χ1) is 16.8. The van der Waals surface area contributed by atoms with Crippen LogP contribution >= 0.6 is 0 Å². The quantitative estimate of drug-likeness (QED) is 0.221. The van der Waals surface area contributed by atoms with Crippen LogP contribution in [-0.2, 0) is 27.2 Å². The second-order valence-electron chi connectivity index (χ2n) is 8.43. The fourth-order valence-electron chi connectivity index (χ4n) is 2.88. The van der Waals surface area contributed by atoms with Crippen LogP contribution in [0.3, 0.4) is 0 Å². The van der Waals surface area contributed by atoms with Gasteiger partial charge in [-0.15, -0.1) is 0 Å². The van der Waals surface area contributed by atoms with E-state index < -0.39 is 36.0 Å². The maximum atomic E-state index is 10.6. The summed E-state index contributed by atoms with van der Waals surface area (Å²) in [6.07, 6.45) is 2.43. The molecule has 1 heterocycles. The van der Waals surface area contributed by atoms with Gasteiger partial charge in [-0.2, -0.15) is 0 Å². The second kappa shape index (κ2) is 14.5. The zero-order valence-corrected chi connectivity index (χ0v) is 20.2. The molecule has 3 aromatic rings. The lowest BCUT2D eigenvalue weighted by molar-refractivity contribution is -0.140. The summed E-state index contributed by atoms with van der Waals surface area (Å²) in [5, 5.41) is 35.5. The number of aromatic amines is 1. The Bertz CT molecular complexity index is 1130. The molecule has 0 bridgehead atoms. The zero-order valence-electron chi connectivity index (χ0n) is 20.2. The number of aromatic nitrogens is 1. The van der Waals surface area contributed by atoms with Crippen LogP contribution in [0.15, 0.2) is 54.7 Å². The number of para-hydroxylation sites is 1. The van der Waals surface area contributed by atoms with Gasteiger partial charge >= 0.3 is 17.9 Å². The molecule has 11 N–H and O–H groups in total. The number of rotatable bonds is 8. The van der Waals surface area contributed by atoms with Crippen LogP contribution in [0.25, 0.3) is 10.9 Å². The molecular formula is C25H34N4O7. The standard InChI is InChI=1S/C11H12N2O2.C9H11NO3.C5H11NO2/c12-9(11(14)15)5-7-6-13-10-4-2-1-3-8(7)10;10-8(9(12)13)5-6-1-3-7(11)4-2-6;1-3(2)4(6)5(7)8/h1-4,6,9,13H,5,12H2,(H,14,15);1-4,8,11H,5,10H2,(H,12,13);3-4H,6H2,1-2H3,(H,7,8)/t9-;8-;4-/m000/s1. The summed E-state index contributed by atoms with van der Waals surface area (Å²) in [5.74, 6) is -2.74. The average molecular weight is 503 g/mol. The van der Waals surface area contributed by atoms with Crippen molar-refractivity contribution in [2.75, 3.05) is 0 Å². The fourth-order valence-corrected chi connectivity index (χ4v) is 2.88. The van der Waals surface area contributed by atoms with Crippen LogP contribution in [0.4, 0.5) is 0 Å². The Balaban J connectivity index is 0.000000284. The number of aliphatic carboxylic acids is 3. The molecule has 0 unspecified atom stereocenters. The topological polar surface area (TPSA) is 226 Å². The van der Waals surface area contributed by atoms with Crippen LogP contribution in [0.2, 0.25) is 0 Å². The molecule has 2 aromatic carbocycles. The lowest BCUT2D eigenvalue weighted by Gasteiger charge is -2.07. The van der Waals surface area contributed by atoms with Crippen LogP contribution in [0.5, 0.6) is 5.75 Å². The summed E-state index contributed by atoms with van der Waals surface area (Å²) >= 11 is 0. The van der Waals surface area contributed by atoms with Gasteiger partial charge < -0.3 is 42.6 Å². The summed E-state index contributed by atoms with van der Waals surface area (Å²) in [6.45, 7) is 3.55. The lowest BCUT2D eigenvalue weighted by atomic mass is 10.1. The molecule has 0 radical (unpaired) electrons. The summed E-state index contributed by atoms with van der Waals surface area (Å²) in [7, 11) is 0. The molecule has 3 rings (SSSR count). The maximum absolute atomic E-state index is 10.6. The minimum atomic E-state index is -1.02. The van der Waals surface area contributed by atoms with E-state index in [4.69, 9.17) is 37.6 Å². The third-order valence-corrected chi connectivity index (χ3v) is 5.14. The fraction of sp³-hybridized carbons (Fsp3) is 0.320. The van der Waals surface area contributed by atoms with Crippen molar-refractivity contribution in [3.63, 3.8) is 0 Å². The van der Waals surface area contributed by atoms with E-state index in [-0.39, 0.29) is 18.1 Å². The number of H-pyrrole nitrogens is 1. The second-order valence-corrected chi connectivity index (χ2v) is 8.43. The molecule has 36 heavy (non-hydrogen) atoms. The van der Waals surface area contributed by atoms with Crippen molar-refractivity contribution in [2.45, 2.75) is 44.8 Å². The number of hydrogen-bond donors (Lipinski definition) is 8. The number of benzene rings is 2. The van der Waals surface area contributed by atoms with Gasteiger partial charge in [-0.1, -0.05) is 44.2 Å². The molecule has 1 aromatic heterocycles. The van der Waals surface area contributed by atoms with Crippen molar-refractivity contribution >= 4 is 28.8 Å². The van der Waals surface area contributed by atoms with Crippen molar-refractivity contribution in [1.29, 1.82) is 0 Å². The molecule has 11 heteroatoms. The molecule has 0 aliphatic carbocycles. The Kier molecular flexibility index (Phi) is 12.1. The Hall–Kier alpha value is -3.93. The van der Waals surface area contributed by atoms with Crippen LogP contribution in [0.1, 0.15) is 25.0 Å². The Morgan fingerprint density at radius 2 is 1.33 bits per heavy atom. The van der Waals surface area contributed by atoms with Crippen molar-refractivity contribution in [1.82, 2.24) is 4.98 Å². The van der Waals surface area contributed by atoms with E-state index in [0.29, 0.717) is 6.42 Å². The Morgan fingerprint density at radius 1 is 0.806 bits per heavy atom. The van der Waals surface area contributed by atoms with Gasteiger partial charge in [0.2, 0.25) is 0 Å². The lowest BCUT2D eigenvalue weighted by Crippen LogP contribution is -2.34. The molecule has 3 atom stereocenters.